The van der Waals surface area contributed by atoms with Crippen LogP contribution in [0.1, 0.15) is 0 Å². The fraction of sp³-hybridized carbons (Fsp3) is 0. The van der Waals surface area contributed by atoms with Gasteiger partial charge in [0.2, 0.25) is 0 Å². The van der Waals surface area contributed by atoms with Crippen LogP contribution in [0.5, 0.6) is 0 Å². The zero-order valence-electron chi connectivity index (χ0n) is 30.6. The summed E-state index contributed by atoms with van der Waals surface area (Å²) in [5, 5.41) is 12.7. The largest absolute Gasteiger partial charge is 0.0616 e. The Hall–Kier alpha value is -7.28. The minimum Gasteiger partial charge on any atom is -0.0616 e. The monoisotopic (exact) mass is 706 g/mol. The van der Waals surface area contributed by atoms with E-state index in [9.17, 15) is 0 Å². The van der Waals surface area contributed by atoms with Crippen LogP contribution in [-0.2, 0) is 0 Å². The van der Waals surface area contributed by atoms with E-state index in [4.69, 9.17) is 0 Å². The van der Waals surface area contributed by atoms with Gasteiger partial charge in [0.15, 0.2) is 0 Å². The summed E-state index contributed by atoms with van der Waals surface area (Å²) in [7, 11) is 0. The third-order valence-corrected chi connectivity index (χ3v) is 12.2. The molecule has 0 saturated carbocycles. The predicted molar refractivity (Wildman–Crippen MR) is 240 cm³/mol. The lowest BCUT2D eigenvalue weighted by molar-refractivity contribution is 1.52. The molecule has 258 valence electrons. The number of hydrogen-bond donors (Lipinski definition) is 0. The van der Waals surface area contributed by atoms with Crippen molar-refractivity contribution in [3.8, 4) is 66.8 Å². The molecule has 0 unspecified atom stereocenters. The van der Waals surface area contributed by atoms with Crippen molar-refractivity contribution in [3.63, 3.8) is 0 Å². The topological polar surface area (TPSA) is 0 Å². The first-order valence-corrected chi connectivity index (χ1v) is 19.5. The molecule has 1 aliphatic carbocycles. The predicted octanol–water partition coefficient (Wildman–Crippen LogP) is 15.8. The van der Waals surface area contributed by atoms with Gasteiger partial charge in [-0.3, -0.25) is 0 Å². The first-order valence-electron chi connectivity index (χ1n) is 19.5. The van der Waals surface area contributed by atoms with Crippen LogP contribution < -0.4 is 0 Å². The average molecular weight is 707 g/mol. The van der Waals surface area contributed by atoms with Crippen molar-refractivity contribution in [2.24, 2.45) is 0 Å². The molecule has 12 rings (SSSR count). The second-order valence-electron chi connectivity index (χ2n) is 15.1. The maximum atomic E-state index is 2.46. The van der Waals surface area contributed by atoms with Gasteiger partial charge >= 0.3 is 0 Å². The quantitative estimate of drug-likeness (QED) is 0.124. The van der Waals surface area contributed by atoms with Crippen LogP contribution in [0.4, 0.5) is 0 Å². The van der Waals surface area contributed by atoms with Crippen LogP contribution in [0, 0.1) is 0 Å². The van der Waals surface area contributed by atoms with Crippen LogP contribution in [-0.4, -0.2) is 0 Å². The normalized spacial score (nSPS) is 11.9. The van der Waals surface area contributed by atoms with Gasteiger partial charge in [-0.25, -0.2) is 0 Å². The van der Waals surface area contributed by atoms with Gasteiger partial charge in [0.05, 0.1) is 0 Å². The molecule has 0 atom stereocenters. The molecule has 0 aliphatic heterocycles. The smallest absolute Gasteiger partial charge is 0.00139 e. The van der Waals surface area contributed by atoms with Crippen LogP contribution >= 0.6 is 0 Å². The number of fused-ring (bicyclic) bond motifs is 14. The second-order valence-corrected chi connectivity index (χ2v) is 15.1. The highest BCUT2D eigenvalue weighted by atomic mass is 14.3. The first kappa shape index (κ1) is 31.1. The second kappa shape index (κ2) is 12.1. The molecule has 0 saturated heterocycles. The zero-order chi connectivity index (χ0) is 36.7. The fourth-order valence-corrected chi connectivity index (χ4v) is 9.81. The van der Waals surface area contributed by atoms with Gasteiger partial charge in [-0.05, 0) is 133 Å². The maximum Gasteiger partial charge on any atom is -0.00139 e. The van der Waals surface area contributed by atoms with Gasteiger partial charge in [0.25, 0.3) is 0 Å². The molecule has 0 aromatic heterocycles. The summed E-state index contributed by atoms with van der Waals surface area (Å²) < 4.78 is 0. The van der Waals surface area contributed by atoms with E-state index in [2.05, 4.69) is 206 Å². The van der Waals surface area contributed by atoms with Crippen molar-refractivity contribution in [2.45, 2.75) is 0 Å². The molecule has 0 fully saturated rings. The van der Waals surface area contributed by atoms with E-state index in [1.54, 1.807) is 0 Å². The molecule has 0 spiro atoms. The molecule has 0 heteroatoms. The number of rotatable bonds is 2. The third-order valence-electron chi connectivity index (χ3n) is 12.2. The van der Waals surface area contributed by atoms with E-state index >= 15 is 0 Å². The fourth-order valence-electron chi connectivity index (χ4n) is 9.81. The lowest BCUT2D eigenvalue weighted by Gasteiger charge is -2.24. The molecule has 0 heterocycles. The molecule has 56 heavy (non-hydrogen) atoms. The van der Waals surface area contributed by atoms with E-state index < -0.39 is 0 Å². The average Bonchev–Trinajstić information content (AvgIpc) is 3.27. The summed E-state index contributed by atoms with van der Waals surface area (Å²) in [6, 6.07) is 76.8. The molecule has 0 radical (unpaired) electrons. The molecular weight excluding hydrogens is 673 g/mol. The standard InChI is InChI=1S/C56H34/c1-3-17-38-35(15-1)29-32-51-52(38)33-36-16-2-4-18-39(36)55(51)56-49-27-13-11-25-47(49)54(48-26-12-14-28-50(48)56)37-30-31-46-44-23-8-7-21-42(44)40-19-5-6-20-41(40)43-22-9-10-24-45(43)53(46)34-37/h1-34H. The highest BCUT2D eigenvalue weighted by Crippen LogP contribution is 2.51. The Labute approximate surface area is 325 Å². The van der Waals surface area contributed by atoms with E-state index in [0.717, 1.165) is 0 Å². The van der Waals surface area contributed by atoms with Crippen LogP contribution in [0.15, 0.2) is 206 Å². The third kappa shape index (κ3) is 4.48. The minimum atomic E-state index is 1.22. The van der Waals surface area contributed by atoms with E-state index in [1.807, 2.05) is 0 Å². The molecule has 11 aromatic carbocycles. The lowest BCUT2D eigenvalue weighted by Crippen LogP contribution is -1.98. The van der Waals surface area contributed by atoms with Gasteiger partial charge in [0.1, 0.15) is 0 Å². The van der Waals surface area contributed by atoms with Gasteiger partial charge in [-0.2, -0.15) is 0 Å². The van der Waals surface area contributed by atoms with E-state index in [0.29, 0.717) is 0 Å². The van der Waals surface area contributed by atoms with Crippen LogP contribution in [0.25, 0.3) is 121 Å². The van der Waals surface area contributed by atoms with Crippen molar-refractivity contribution in [1.29, 1.82) is 0 Å². The van der Waals surface area contributed by atoms with Crippen molar-refractivity contribution in [1.82, 2.24) is 0 Å². The highest BCUT2D eigenvalue weighted by Gasteiger charge is 2.24. The van der Waals surface area contributed by atoms with Gasteiger partial charge in [-0.1, -0.05) is 194 Å². The van der Waals surface area contributed by atoms with Gasteiger partial charge in [-0.15, -0.1) is 0 Å². The Morgan fingerprint density at radius 2 is 0.554 bits per heavy atom. The van der Waals surface area contributed by atoms with Crippen molar-refractivity contribution >= 4 is 53.9 Å². The Balaban J connectivity index is 1.19. The molecule has 0 N–H and O–H groups in total. The maximum absolute atomic E-state index is 2.46. The number of hydrogen-bond acceptors (Lipinski definition) is 0. The Morgan fingerprint density at radius 1 is 0.179 bits per heavy atom. The summed E-state index contributed by atoms with van der Waals surface area (Å²) in [5.41, 5.74) is 15.2. The van der Waals surface area contributed by atoms with Crippen molar-refractivity contribution in [2.75, 3.05) is 0 Å². The van der Waals surface area contributed by atoms with Crippen molar-refractivity contribution < 1.29 is 0 Å². The minimum absolute atomic E-state index is 1.22. The Morgan fingerprint density at radius 3 is 1.11 bits per heavy atom. The van der Waals surface area contributed by atoms with Crippen molar-refractivity contribution in [3.05, 3.63) is 206 Å². The highest BCUT2D eigenvalue weighted by molar-refractivity contribution is 6.29. The lowest BCUT2D eigenvalue weighted by atomic mass is 9.79. The summed E-state index contributed by atoms with van der Waals surface area (Å²) >= 11 is 0. The molecule has 0 amide bonds. The molecule has 0 bridgehead atoms. The van der Waals surface area contributed by atoms with Crippen LogP contribution in [0.2, 0.25) is 0 Å². The zero-order valence-corrected chi connectivity index (χ0v) is 30.6. The first-order chi connectivity index (χ1) is 27.8. The molecule has 1 aliphatic rings. The Bertz CT molecular complexity index is 3350. The number of benzene rings is 11. The molecule has 0 nitrogen and oxygen atoms in total. The molecule has 11 aromatic rings. The van der Waals surface area contributed by atoms with E-state index in [1.165, 1.54) is 121 Å². The van der Waals surface area contributed by atoms with E-state index in [-0.39, 0.29) is 0 Å². The van der Waals surface area contributed by atoms with Crippen LogP contribution in [0.3, 0.4) is 0 Å². The Kier molecular flexibility index (Phi) is 6.73. The summed E-state index contributed by atoms with van der Waals surface area (Å²) in [5.74, 6) is 0. The van der Waals surface area contributed by atoms with Gasteiger partial charge in [0, 0.05) is 0 Å². The SMILES string of the molecule is c1ccc2c(c1)-c1ccccc1-c1ccc(-c3c4ccccc4c(-c4c5ccccc5cc5c4ccc4ccccc45)c4ccccc34)cc1-c1ccccc1-2. The summed E-state index contributed by atoms with van der Waals surface area (Å²) in [6.45, 7) is 0. The summed E-state index contributed by atoms with van der Waals surface area (Å²) in [4.78, 5) is 0. The van der Waals surface area contributed by atoms with Gasteiger partial charge < -0.3 is 0 Å². The summed E-state index contributed by atoms with van der Waals surface area (Å²) in [6.07, 6.45) is 0. The molecular formula is C56H34.